The molecule has 2 heteroatoms. The highest BCUT2D eigenvalue weighted by Crippen LogP contribution is 2.30. The van der Waals surface area contributed by atoms with E-state index >= 15 is 0 Å². The number of hydrogen-bond acceptors (Lipinski definition) is 2. The Morgan fingerprint density at radius 2 is 2.12 bits per heavy atom. The summed E-state index contributed by atoms with van der Waals surface area (Å²) in [5.74, 6) is 0.266. The normalized spacial score (nSPS) is 29.0. The third kappa shape index (κ3) is 3.75. The molecule has 1 aliphatic heterocycles. The summed E-state index contributed by atoms with van der Waals surface area (Å²) in [7, 11) is 0. The molecular formula is C14H24O2. The van der Waals surface area contributed by atoms with Gasteiger partial charge in [-0.2, -0.15) is 0 Å². The van der Waals surface area contributed by atoms with Crippen LogP contribution in [0.5, 0.6) is 0 Å². The molecular weight excluding hydrogens is 200 g/mol. The van der Waals surface area contributed by atoms with Crippen molar-refractivity contribution in [3.63, 3.8) is 0 Å². The van der Waals surface area contributed by atoms with Gasteiger partial charge in [-0.3, -0.25) is 4.79 Å². The second kappa shape index (κ2) is 6.19. The zero-order valence-corrected chi connectivity index (χ0v) is 11.0. The first-order chi connectivity index (χ1) is 7.54. The Hall–Kier alpha value is -0.630. The fourth-order valence-electron chi connectivity index (χ4n) is 2.49. The van der Waals surface area contributed by atoms with Crippen LogP contribution in [0.15, 0.2) is 11.1 Å². The van der Waals surface area contributed by atoms with E-state index in [1.165, 1.54) is 11.1 Å². The molecule has 0 aromatic heterocycles. The molecule has 2 nitrogen and oxygen atoms in total. The maximum Gasteiger partial charge on any atom is 0.133 e. The topological polar surface area (TPSA) is 26.3 Å². The van der Waals surface area contributed by atoms with E-state index in [4.69, 9.17) is 4.74 Å². The molecule has 1 heterocycles. The maximum absolute atomic E-state index is 11.3. The molecule has 1 aliphatic rings. The van der Waals surface area contributed by atoms with E-state index in [1.807, 2.05) is 0 Å². The van der Waals surface area contributed by atoms with Crippen molar-refractivity contribution >= 4 is 5.78 Å². The molecule has 2 atom stereocenters. The first-order valence-electron chi connectivity index (χ1n) is 6.40. The Bertz CT molecular complexity index is 278. The van der Waals surface area contributed by atoms with E-state index < -0.39 is 0 Å². The summed E-state index contributed by atoms with van der Waals surface area (Å²) < 4.78 is 5.84. The number of allylic oxidation sites excluding steroid dienone is 1. The Morgan fingerprint density at radius 1 is 1.44 bits per heavy atom. The zero-order valence-electron chi connectivity index (χ0n) is 11.0. The number of hydrogen-bond donors (Lipinski definition) is 0. The minimum Gasteiger partial charge on any atom is -0.371 e. The highest BCUT2D eigenvalue weighted by atomic mass is 16.5. The van der Waals surface area contributed by atoms with E-state index in [0.717, 1.165) is 25.7 Å². The van der Waals surface area contributed by atoms with Gasteiger partial charge in [-0.15, -0.1) is 0 Å². The third-order valence-corrected chi connectivity index (χ3v) is 3.22. The monoisotopic (exact) mass is 224 g/mol. The fraction of sp³-hybridized carbons (Fsp3) is 0.786. The van der Waals surface area contributed by atoms with Crippen LogP contribution < -0.4 is 0 Å². The molecule has 0 spiro atoms. The van der Waals surface area contributed by atoms with Crippen LogP contribution in [0.1, 0.15) is 59.8 Å². The van der Waals surface area contributed by atoms with Gasteiger partial charge >= 0.3 is 0 Å². The molecule has 2 unspecified atom stereocenters. The Kier molecular flexibility index (Phi) is 5.20. The van der Waals surface area contributed by atoms with Crippen molar-refractivity contribution in [1.29, 1.82) is 0 Å². The van der Waals surface area contributed by atoms with Gasteiger partial charge in [-0.1, -0.05) is 18.9 Å². The van der Waals surface area contributed by atoms with Gasteiger partial charge in [0.05, 0.1) is 12.2 Å². The van der Waals surface area contributed by atoms with Gasteiger partial charge in [0.15, 0.2) is 0 Å². The molecule has 1 fully saturated rings. The summed E-state index contributed by atoms with van der Waals surface area (Å²) in [6.45, 7) is 8.07. The number of ether oxygens (including phenoxy) is 1. The molecule has 16 heavy (non-hydrogen) atoms. The first kappa shape index (κ1) is 13.4. The van der Waals surface area contributed by atoms with Crippen molar-refractivity contribution in [1.82, 2.24) is 0 Å². The lowest BCUT2D eigenvalue weighted by molar-refractivity contribution is -0.116. The molecule has 0 bridgehead atoms. The average molecular weight is 224 g/mol. The van der Waals surface area contributed by atoms with Crippen LogP contribution in [0.2, 0.25) is 0 Å². The van der Waals surface area contributed by atoms with Crippen LogP contribution in [0.25, 0.3) is 0 Å². The Balaban J connectivity index is 2.82. The number of carbonyl (C=O) groups excluding carboxylic acids is 1. The van der Waals surface area contributed by atoms with Crippen molar-refractivity contribution in [3.05, 3.63) is 11.1 Å². The van der Waals surface area contributed by atoms with Crippen molar-refractivity contribution in [2.24, 2.45) is 0 Å². The first-order valence-corrected chi connectivity index (χ1v) is 6.40. The van der Waals surface area contributed by atoms with E-state index in [0.29, 0.717) is 12.5 Å². The summed E-state index contributed by atoms with van der Waals surface area (Å²) in [6.07, 6.45) is 5.51. The van der Waals surface area contributed by atoms with E-state index in [2.05, 4.69) is 20.8 Å². The van der Waals surface area contributed by atoms with Gasteiger partial charge in [0.1, 0.15) is 5.78 Å². The quantitative estimate of drug-likeness (QED) is 0.681. The van der Waals surface area contributed by atoms with E-state index in [1.54, 1.807) is 6.92 Å². The molecule has 0 N–H and O–H groups in total. The number of rotatable bonds is 4. The van der Waals surface area contributed by atoms with Crippen molar-refractivity contribution in [3.8, 4) is 0 Å². The molecule has 0 saturated carbocycles. The van der Waals surface area contributed by atoms with Crippen molar-refractivity contribution < 1.29 is 9.53 Å². The average Bonchev–Trinajstić information content (AvgIpc) is 2.16. The Labute approximate surface area is 99.1 Å². The fourth-order valence-corrected chi connectivity index (χ4v) is 2.49. The standard InChI is InChI=1S/C14H24O2/c1-5-6-13(9-10(2)15)14-8-7-11(3)16-12(14)4/h11-12H,5-9H2,1-4H3/b14-13-. The van der Waals surface area contributed by atoms with Crippen LogP contribution in [-0.2, 0) is 9.53 Å². The maximum atomic E-state index is 11.3. The lowest BCUT2D eigenvalue weighted by Gasteiger charge is -2.30. The van der Waals surface area contributed by atoms with Crippen molar-refractivity contribution in [2.45, 2.75) is 72.0 Å². The summed E-state index contributed by atoms with van der Waals surface area (Å²) >= 11 is 0. The lowest BCUT2D eigenvalue weighted by atomic mass is 9.90. The minimum atomic E-state index is 0.199. The second-order valence-corrected chi connectivity index (χ2v) is 4.89. The Morgan fingerprint density at radius 3 is 2.62 bits per heavy atom. The number of carbonyl (C=O) groups is 1. The molecule has 0 aromatic carbocycles. The van der Waals surface area contributed by atoms with Gasteiger partial charge in [0.25, 0.3) is 0 Å². The van der Waals surface area contributed by atoms with Gasteiger partial charge < -0.3 is 4.74 Å². The molecule has 92 valence electrons. The van der Waals surface area contributed by atoms with Gasteiger partial charge in [0, 0.05) is 6.42 Å². The zero-order chi connectivity index (χ0) is 12.1. The summed E-state index contributed by atoms with van der Waals surface area (Å²) in [4.78, 5) is 11.3. The van der Waals surface area contributed by atoms with Crippen LogP contribution >= 0.6 is 0 Å². The highest BCUT2D eigenvalue weighted by Gasteiger charge is 2.23. The molecule has 1 saturated heterocycles. The van der Waals surface area contributed by atoms with Crippen LogP contribution in [0, 0.1) is 0 Å². The van der Waals surface area contributed by atoms with Gasteiger partial charge in [0.2, 0.25) is 0 Å². The lowest BCUT2D eigenvalue weighted by Crippen LogP contribution is -2.26. The molecule has 0 radical (unpaired) electrons. The van der Waals surface area contributed by atoms with E-state index in [9.17, 15) is 4.79 Å². The molecule has 0 aromatic rings. The second-order valence-electron chi connectivity index (χ2n) is 4.89. The predicted octanol–water partition coefficient (Wildman–Crippen LogP) is 3.65. The molecule has 0 amide bonds. The van der Waals surface area contributed by atoms with Crippen molar-refractivity contribution in [2.75, 3.05) is 0 Å². The number of Topliss-reactive ketones (excluding diaryl/α,β-unsaturated/α-hetero) is 1. The van der Waals surface area contributed by atoms with Gasteiger partial charge in [-0.05, 0) is 45.6 Å². The van der Waals surface area contributed by atoms with Crippen LogP contribution in [0.3, 0.4) is 0 Å². The number of ketones is 1. The van der Waals surface area contributed by atoms with Crippen LogP contribution in [-0.4, -0.2) is 18.0 Å². The summed E-state index contributed by atoms with van der Waals surface area (Å²) in [6, 6.07) is 0. The van der Waals surface area contributed by atoms with E-state index in [-0.39, 0.29) is 11.9 Å². The van der Waals surface area contributed by atoms with Crippen LogP contribution in [0.4, 0.5) is 0 Å². The SMILES string of the molecule is CCC/C(CC(C)=O)=C1\CCC(C)OC1C. The minimum absolute atomic E-state index is 0.199. The largest absolute Gasteiger partial charge is 0.371 e. The molecule has 0 aliphatic carbocycles. The summed E-state index contributed by atoms with van der Waals surface area (Å²) in [5, 5.41) is 0. The summed E-state index contributed by atoms with van der Waals surface area (Å²) in [5.41, 5.74) is 2.71. The predicted molar refractivity (Wildman–Crippen MR) is 66.5 cm³/mol. The highest BCUT2D eigenvalue weighted by molar-refractivity contribution is 5.78. The molecule has 1 rings (SSSR count). The smallest absolute Gasteiger partial charge is 0.133 e. The third-order valence-electron chi connectivity index (χ3n) is 3.22. The van der Waals surface area contributed by atoms with Gasteiger partial charge in [-0.25, -0.2) is 0 Å².